The van der Waals surface area contributed by atoms with Crippen LogP contribution in [0, 0.1) is 17.8 Å². The molecular formula is C20H25N3O2. The summed E-state index contributed by atoms with van der Waals surface area (Å²) in [6.07, 6.45) is 8.52. The predicted octanol–water partition coefficient (Wildman–Crippen LogP) is 3.15. The van der Waals surface area contributed by atoms with Gasteiger partial charge in [-0.3, -0.25) is 9.59 Å². The molecule has 2 aliphatic carbocycles. The van der Waals surface area contributed by atoms with Gasteiger partial charge in [0.15, 0.2) is 0 Å². The Morgan fingerprint density at radius 1 is 1.12 bits per heavy atom. The molecule has 2 aromatic rings. The minimum absolute atomic E-state index is 0.111. The molecule has 1 aromatic heterocycles. The van der Waals surface area contributed by atoms with Crippen molar-refractivity contribution in [2.75, 3.05) is 0 Å². The number of nitrogens with zero attached hydrogens (tertiary/aromatic N) is 1. The highest BCUT2D eigenvalue weighted by Crippen LogP contribution is 2.42. The molecule has 2 saturated carbocycles. The molecule has 25 heavy (non-hydrogen) atoms. The highest BCUT2D eigenvalue weighted by molar-refractivity contribution is 5.79. The van der Waals surface area contributed by atoms with Crippen molar-refractivity contribution >= 4 is 16.8 Å². The van der Waals surface area contributed by atoms with E-state index in [1.54, 1.807) is 6.07 Å². The molecule has 0 unspecified atom stereocenters. The zero-order chi connectivity index (χ0) is 17.2. The summed E-state index contributed by atoms with van der Waals surface area (Å²) in [5.74, 6) is 2.32. The Bertz CT molecular complexity index is 829. The first-order valence-corrected chi connectivity index (χ1v) is 9.46. The fourth-order valence-electron chi connectivity index (χ4n) is 4.65. The molecule has 1 amide bonds. The van der Waals surface area contributed by atoms with Gasteiger partial charge < -0.3 is 10.3 Å². The molecule has 4 rings (SSSR count). The van der Waals surface area contributed by atoms with E-state index in [0.717, 1.165) is 24.7 Å². The summed E-state index contributed by atoms with van der Waals surface area (Å²) in [5, 5.41) is 3.56. The lowest BCUT2D eigenvalue weighted by Crippen LogP contribution is -2.37. The molecule has 0 saturated heterocycles. The second-order valence-electron chi connectivity index (χ2n) is 7.56. The van der Waals surface area contributed by atoms with Gasteiger partial charge in [-0.2, -0.15) is 0 Å². The van der Waals surface area contributed by atoms with Gasteiger partial charge in [-0.05, 0) is 43.2 Å². The summed E-state index contributed by atoms with van der Waals surface area (Å²) in [7, 11) is 0. The summed E-state index contributed by atoms with van der Waals surface area (Å²) >= 11 is 0. The lowest BCUT2D eigenvalue weighted by atomic mass is 9.67. The molecule has 0 spiro atoms. The number of fused-ring (bicyclic) bond motifs is 2. The number of nitrogens with one attached hydrogen (secondary N) is 2. The number of aromatic amines is 1. The molecule has 3 atom stereocenters. The van der Waals surface area contributed by atoms with E-state index < -0.39 is 0 Å². The minimum atomic E-state index is -0.155. The predicted molar refractivity (Wildman–Crippen MR) is 97.0 cm³/mol. The van der Waals surface area contributed by atoms with Crippen LogP contribution in [0.25, 0.3) is 10.9 Å². The van der Waals surface area contributed by atoms with Gasteiger partial charge in [0, 0.05) is 5.92 Å². The Hall–Kier alpha value is -2.17. The Balaban J connectivity index is 1.39. The zero-order valence-electron chi connectivity index (χ0n) is 14.5. The number of amides is 1. The van der Waals surface area contributed by atoms with E-state index in [0.29, 0.717) is 16.7 Å². The van der Waals surface area contributed by atoms with E-state index in [9.17, 15) is 9.59 Å². The number of hydrogen-bond donors (Lipinski definition) is 2. The van der Waals surface area contributed by atoms with Gasteiger partial charge in [-0.15, -0.1) is 0 Å². The second kappa shape index (κ2) is 6.98. The smallest absolute Gasteiger partial charge is 0.258 e. The number of carbonyl (C=O) groups excluding carboxylic acids is 1. The molecular weight excluding hydrogens is 314 g/mol. The number of rotatable bonds is 3. The maximum atomic E-state index is 12.6. The Morgan fingerprint density at radius 3 is 2.80 bits per heavy atom. The van der Waals surface area contributed by atoms with Gasteiger partial charge in [0.25, 0.3) is 5.56 Å². The molecule has 2 N–H and O–H groups in total. The first-order chi connectivity index (χ1) is 12.2. The number of H-pyrrole nitrogens is 1. The molecule has 132 valence electrons. The number of hydrogen-bond acceptors (Lipinski definition) is 3. The monoisotopic (exact) mass is 339 g/mol. The summed E-state index contributed by atoms with van der Waals surface area (Å²) in [4.78, 5) is 31.9. The third kappa shape index (κ3) is 3.46. The number of aromatic nitrogens is 2. The van der Waals surface area contributed by atoms with Crippen LogP contribution in [-0.2, 0) is 11.3 Å². The van der Waals surface area contributed by atoms with E-state index >= 15 is 0 Å². The van der Waals surface area contributed by atoms with Crippen molar-refractivity contribution < 1.29 is 4.79 Å². The maximum Gasteiger partial charge on any atom is 0.258 e. The second-order valence-corrected chi connectivity index (χ2v) is 7.56. The van der Waals surface area contributed by atoms with Gasteiger partial charge >= 0.3 is 0 Å². The topological polar surface area (TPSA) is 74.8 Å². The van der Waals surface area contributed by atoms with Crippen molar-refractivity contribution in [3.63, 3.8) is 0 Å². The third-order valence-electron chi connectivity index (χ3n) is 6.00. The van der Waals surface area contributed by atoms with Gasteiger partial charge in [0.1, 0.15) is 5.82 Å². The van der Waals surface area contributed by atoms with Gasteiger partial charge in [-0.1, -0.05) is 37.8 Å². The quantitative estimate of drug-likeness (QED) is 0.902. The highest BCUT2D eigenvalue weighted by Gasteiger charge is 2.34. The summed E-state index contributed by atoms with van der Waals surface area (Å²) in [5.41, 5.74) is 0.510. The fraction of sp³-hybridized carbons (Fsp3) is 0.550. The number of para-hydroxylation sites is 1. The fourth-order valence-corrected chi connectivity index (χ4v) is 4.65. The molecule has 0 aliphatic heterocycles. The van der Waals surface area contributed by atoms with E-state index in [-0.39, 0.29) is 23.9 Å². The average Bonchev–Trinajstić information content (AvgIpc) is 2.66. The van der Waals surface area contributed by atoms with Crippen LogP contribution >= 0.6 is 0 Å². The summed E-state index contributed by atoms with van der Waals surface area (Å²) in [6, 6.07) is 7.26. The van der Waals surface area contributed by atoms with Gasteiger partial charge in [0.2, 0.25) is 5.91 Å². The van der Waals surface area contributed by atoms with Crippen molar-refractivity contribution in [3.8, 4) is 0 Å². The molecule has 2 aliphatic rings. The van der Waals surface area contributed by atoms with Crippen molar-refractivity contribution in [2.24, 2.45) is 17.8 Å². The maximum absolute atomic E-state index is 12.6. The largest absolute Gasteiger partial charge is 0.349 e. The lowest BCUT2D eigenvalue weighted by molar-refractivity contribution is -0.127. The third-order valence-corrected chi connectivity index (χ3v) is 6.00. The molecule has 1 heterocycles. The zero-order valence-corrected chi connectivity index (χ0v) is 14.5. The minimum Gasteiger partial charge on any atom is -0.349 e. The van der Waals surface area contributed by atoms with Crippen molar-refractivity contribution in [1.82, 2.24) is 15.3 Å². The first kappa shape index (κ1) is 16.3. The lowest BCUT2D eigenvalue weighted by Gasteiger charge is -2.38. The molecule has 0 bridgehead atoms. The van der Waals surface area contributed by atoms with Crippen LogP contribution in [0.1, 0.15) is 50.8 Å². The Kier molecular flexibility index (Phi) is 4.55. The van der Waals surface area contributed by atoms with E-state index in [1.165, 1.54) is 32.1 Å². The van der Waals surface area contributed by atoms with Crippen LogP contribution in [0.3, 0.4) is 0 Å². The normalized spacial score (nSPS) is 26.2. The van der Waals surface area contributed by atoms with Crippen LogP contribution in [0.5, 0.6) is 0 Å². The van der Waals surface area contributed by atoms with E-state index in [2.05, 4.69) is 15.3 Å². The van der Waals surface area contributed by atoms with Gasteiger partial charge in [-0.25, -0.2) is 4.98 Å². The standard InChI is InChI=1S/C20H25N3O2/c24-19(15-10-9-13-5-1-2-6-14(13)11-15)21-12-18-22-17-8-4-3-7-16(17)20(25)23-18/h3-4,7-8,13-15H,1-2,5-6,9-12H2,(H,21,24)(H,22,23,25)/t13-,14+,15-/m1/s1. The molecule has 2 fully saturated rings. The van der Waals surface area contributed by atoms with Crippen LogP contribution < -0.4 is 10.9 Å². The highest BCUT2D eigenvalue weighted by atomic mass is 16.2. The van der Waals surface area contributed by atoms with Crippen molar-refractivity contribution in [1.29, 1.82) is 0 Å². The van der Waals surface area contributed by atoms with Crippen LogP contribution in [0.4, 0.5) is 0 Å². The van der Waals surface area contributed by atoms with Crippen LogP contribution in [0.15, 0.2) is 29.1 Å². The molecule has 5 nitrogen and oxygen atoms in total. The summed E-state index contributed by atoms with van der Waals surface area (Å²) < 4.78 is 0. The number of benzene rings is 1. The van der Waals surface area contributed by atoms with Crippen LogP contribution in [-0.4, -0.2) is 15.9 Å². The molecule has 1 aromatic carbocycles. The molecule has 5 heteroatoms. The average molecular weight is 339 g/mol. The number of carbonyl (C=O) groups is 1. The molecule has 0 radical (unpaired) electrons. The Morgan fingerprint density at radius 2 is 1.92 bits per heavy atom. The summed E-state index contributed by atoms with van der Waals surface area (Å²) in [6.45, 7) is 0.281. The van der Waals surface area contributed by atoms with E-state index in [4.69, 9.17) is 0 Å². The first-order valence-electron chi connectivity index (χ1n) is 9.46. The SMILES string of the molecule is O=C(NCc1nc2ccccc2c(=O)[nH]1)[C@@H]1CC[C@H]2CCCC[C@H]2C1. The van der Waals surface area contributed by atoms with E-state index in [1.807, 2.05) is 18.2 Å². The Labute approximate surface area is 147 Å². The van der Waals surface area contributed by atoms with Gasteiger partial charge in [0.05, 0.1) is 17.4 Å². The van der Waals surface area contributed by atoms with Crippen molar-refractivity contribution in [2.45, 2.75) is 51.5 Å². The van der Waals surface area contributed by atoms with Crippen molar-refractivity contribution in [3.05, 3.63) is 40.4 Å². The van der Waals surface area contributed by atoms with Crippen LogP contribution in [0.2, 0.25) is 0 Å².